The van der Waals surface area contributed by atoms with E-state index in [1.165, 1.54) is 12.1 Å². The van der Waals surface area contributed by atoms with Crippen molar-refractivity contribution in [2.45, 2.75) is 18.6 Å². The second kappa shape index (κ2) is 9.23. The fourth-order valence-electron chi connectivity index (χ4n) is 4.52. The van der Waals surface area contributed by atoms with Gasteiger partial charge in [0.1, 0.15) is 23.4 Å². The molecule has 13 heteroatoms. The number of aromatic hydroxyl groups is 9. The minimum Gasteiger partial charge on any atom is -0.508 e. The molecule has 206 valence electrons. The number of phenols is 8. The molecule has 0 bridgehead atoms. The first-order chi connectivity index (χ1) is 18.8. The molecule has 0 aromatic heterocycles. The highest BCUT2D eigenvalue weighted by atomic mass is 16.6. The molecule has 13 nitrogen and oxygen atoms in total. The van der Waals surface area contributed by atoms with E-state index in [4.69, 9.17) is 9.47 Å². The molecule has 1 heterocycles. The van der Waals surface area contributed by atoms with Gasteiger partial charge in [0.2, 0.25) is 11.2 Å². The van der Waals surface area contributed by atoms with Crippen molar-refractivity contribution in [1.82, 2.24) is 0 Å². The number of fused-ring (bicyclic) bond motifs is 2. The number of esters is 1. The topological polar surface area (TPSA) is 235 Å². The Bertz CT molecular complexity index is 1760. The number of benzene rings is 3. The number of carbonyl (C=O) groups is 1. The third kappa shape index (κ3) is 4.24. The first-order valence-corrected chi connectivity index (χ1v) is 11.5. The molecule has 0 spiro atoms. The highest BCUT2D eigenvalue weighted by Crippen LogP contribution is 2.45. The predicted molar refractivity (Wildman–Crippen MR) is 134 cm³/mol. The number of ether oxygens (including phenoxy) is 2. The molecule has 0 amide bonds. The Morgan fingerprint density at radius 3 is 2.05 bits per heavy atom. The van der Waals surface area contributed by atoms with Crippen molar-refractivity contribution in [2.75, 3.05) is 0 Å². The fourth-order valence-corrected chi connectivity index (χ4v) is 4.52. The average Bonchev–Trinajstić information content (AvgIpc) is 3.01. The van der Waals surface area contributed by atoms with Gasteiger partial charge in [-0.25, -0.2) is 4.79 Å². The van der Waals surface area contributed by atoms with E-state index in [9.17, 15) is 55.5 Å². The van der Waals surface area contributed by atoms with Crippen molar-refractivity contribution in [3.05, 3.63) is 69.4 Å². The minimum atomic E-state index is -1.35. The normalized spacial score (nSPS) is 16.2. The summed E-state index contributed by atoms with van der Waals surface area (Å²) in [5, 5.41) is 89.5. The zero-order valence-electron chi connectivity index (χ0n) is 20.1. The lowest BCUT2D eigenvalue weighted by molar-refractivity contribution is -0.0188. The molecule has 0 radical (unpaired) electrons. The maximum atomic E-state index is 13.0. The van der Waals surface area contributed by atoms with Gasteiger partial charge in [-0.1, -0.05) is 0 Å². The van der Waals surface area contributed by atoms with Crippen LogP contribution in [0.4, 0.5) is 0 Å². The summed E-state index contributed by atoms with van der Waals surface area (Å²) in [7, 11) is 0. The predicted octanol–water partition coefficient (Wildman–Crippen LogP) is 2.45. The van der Waals surface area contributed by atoms with Crippen molar-refractivity contribution >= 4 is 16.7 Å². The van der Waals surface area contributed by atoms with E-state index in [1.807, 2.05) is 0 Å². The number of hydrogen-bond acceptors (Lipinski definition) is 13. The van der Waals surface area contributed by atoms with Crippen LogP contribution in [0.3, 0.4) is 0 Å². The van der Waals surface area contributed by atoms with Crippen molar-refractivity contribution < 1.29 is 60.2 Å². The summed E-state index contributed by atoms with van der Waals surface area (Å²) in [4.78, 5) is 25.8. The van der Waals surface area contributed by atoms with Crippen LogP contribution < -0.4 is 10.2 Å². The van der Waals surface area contributed by atoms with Crippen LogP contribution in [0.2, 0.25) is 0 Å². The van der Waals surface area contributed by atoms with Crippen LogP contribution in [0.1, 0.15) is 27.6 Å². The van der Waals surface area contributed by atoms with E-state index >= 15 is 0 Å². The second-order valence-electron chi connectivity index (χ2n) is 9.05. The number of carbonyl (C=O) groups excluding carboxylic acids is 1. The van der Waals surface area contributed by atoms with Crippen LogP contribution in [-0.2, 0) is 11.2 Å². The molecule has 0 saturated heterocycles. The molecule has 1 aliphatic heterocycles. The van der Waals surface area contributed by atoms with Crippen LogP contribution in [0.5, 0.6) is 57.5 Å². The molecule has 4 aromatic carbocycles. The zero-order valence-corrected chi connectivity index (χ0v) is 20.1. The van der Waals surface area contributed by atoms with Crippen LogP contribution in [0.15, 0.2) is 47.3 Å². The van der Waals surface area contributed by atoms with Crippen LogP contribution in [-0.4, -0.2) is 58.0 Å². The van der Waals surface area contributed by atoms with Gasteiger partial charge >= 0.3 is 5.97 Å². The third-order valence-electron chi connectivity index (χ3n) is 6.43. The summed E-state index contributed by atoms with van der Waals surface area (Å²) in [6.45, 7) is 0. The Morgan fingerprint density at radius 1 is 0.725 bits per heavy atom. The Labute approximate surface area is 222 Å². The first-order valence-electron chi connectivity index (χ1n) is 11.5. The summed E-state index contributed by atoms with van der Waals surface area (Å²) in [6, 6.07) is 6.99. The lowest BCUT2D eigenvalue weighted by Gasteiger charge is -2.33. The van der Waals surface area contributed by atoms with E-state index in [-0.39, 0.29) is 40.0 Å². The van der Waals surface area contributed by atoms with Crippen molar-refractivity contribution in [2.24, 2.45) is 0 Å². The van der Waals surface area contributed by atoms with Crippen molar-refractivity contribution in [3.63, 3.8) is 0 Å². The summed E-state index contributed by atoms with van der Waals surface area (Å²) in [5.74, 6) is -8.03. The maximum absolute atomic E-state index is 13.0. The highest BCUT2D eigenvalue weighted by molar-refractivity contribution is 5.93. The molecular formula is C27H20O13. The SMILES string of the molecule is O=C(O[C@@H]1Cc2c(O)cc(O)cc2O[C@@H]1c1cc(O)c(=O)c2c(O)c(O)c(O)cc2c1)c1cc(O)c(O)c(O)c1. The number of rotatable bonds is 3. The fraction of sp³-hybridized carbons (Fsp3) is 0.111. The summed E-state index contributed by atoms with van der Waals surface area (Å²) >= 11 is 0. The van der Waals surface area contributed by atoms with E-state index in [1.54, 1.807) is 0 Å². The molecule has 5 rings (SSSR count). The second-order valence-corrected chi connectivity index (χ2v) is 9.05. The molecule has 0 fully saturated rings. The van der Waals surface area contributed by atoms with Crippen LogP contribution >= 0.6 is 0 Å². The largest absolute Gasteiger partial charge is 0.508 e. The minimum absolute atomic E-state index is 0.0308. The van der Waals surface area contributed by atoms with Gasteiger partial charge in [-0.3, -0.25) is 4.79 Å². The van der Waals surface area contributed by atoms with Gasteiger partial charge in [0.25, 0.3) is 0 Å². The molecule has 0 saturated carbocycles. The molecular weight excluding hydrogens is 532 g/mol. The summed E-state index contributed by atoms with van der Waals surface area (Å²) < 4.78 is 11.5. The first kappa shape index (κ1) is 25.9. The lowest BCUT2D eigenvalue weighted by atomic mass is 9.94. The molecule has 2 atom stereocenters. The Morgan fingerprint density at radius 2 is 1.38 bits per heavy atom. The molecule has 0 aliphatic carbocycles. The molecule has 1 aliphatic rings. The third-order valence-corrected chi connectivity index (χ3v) is 6.43. The van der Waals surface area contributed by atoms with Crippen molar-refractivity contribution in [1.29, 1.82) is 0 Å². The Balaban J connectivity index is 1.67. The van der Waals surface area contributed by atoms with E-state index in [0.717, 1.165) is 30.3 Å². The van der Waals surface area contributed by atoms with E-state index < -0.39 is 75.0 Å². The van der Waals surface area contributed by atoms with Crippen molar-refractivity contribution in [3.8, 4) is 57.5 Å². The smallest absolute Gasteiger partial charge is 0.338 e. The van der Waals surface area contributed by atoms with Gasteiger partial charge < -0.3 is 55.4 Å². The molecule has 0 unspecified atom stereocenters. The highest BCUT2D eigenvalue weighted by Gasteiger charge is 2.37. The monoisotopic (exact) mass is 552 g/mol. The van der Waals surface area contributed by atoms with Crippen LogP contribution in [0, 0.1) is 0 Å². The number of phenolic OH excluding ortho intramolecular Hbond substituents is 8. The van der Waals surface area contributed by atoms with Gasteiger partial charge in [0.05, 0.1) is 10.9 Å². The van der Waals surface area contributed by atoms with E-state index in [2.05, 4.69) is 0 Å². The molecule has 40 heavy (non-hydrogen) atoms. The van der Waals surface area contributed by atoms with Gasteiger partial charge in [-0.05, 0) is 35.7 Å². The molecule has 4 aromatic rings. The standard InChI is InChI=1S/C27H20O13/c28-12-6-14(29)13-8-20(40-27(38)11-4-15(30)22(34)16(31)5-11)26(39-19(13)7-12)10-1-9-2-18(33)24(36)25(37)21(9)23(35)17(32)3-10/h1-7,20,26,28-31,33-34,36-37H,8H2,(H,32,35)/t20-,26-/m1/s1. The lowest BCUT2D eigenvalue weighted by Crippen LogP contribution is -2.34. The zero-order chi connectivity index (χ0) is 29.0. The van der Waals surface area contributed by atoms with Gasteiger partial charge in [-0.15, -0.1) is 0 Å². The Kier molecular flexibility index (Phi) is 5.98. The van der Waals surface area contributed by atoms with Crippen LogP contribution in [0.25, 0.3) is 10.8 Å². The number of hydrogen-bond donors (Lipinski definition) is 9. The summed E-state index contributed by atoms with van der Waals surface area (Å²) in [6.07, 6.45) is -2.90. The quantitative estimate of drug-likeness (QED) is 0.131. The summed E-state index contributed by atoms with van der Waals surface area (Å²) in [5.41, 5.74) is -1.38. The maximum Gasteiger partial charge on any atom is 0.338 e. The van der Waals surface area contributed by atoms with Gasteiger partial charge in [-0.2, -0.15) is 0 Å². The van der Waals surface area contributed by atoms with Gasteiger partial charge in [0.15, 0.2) is 40.6 Å². The Hall–Kier alpha value is -5.72. The van der Waals surface area contributed by atoms with E-state index in [0.29, 0.717) is 0 Å². The van der Waals surface area contributed by atoms with Gasteiger partial charge in [0, 0.05) is 29.7 Å². The average molecular weight is 552 g/mol. The molecule has 9 N–H and O–H groups in total.